The second-order valence-corrected chi connectivity index (χ2v) is 6.04. The zero-order valence-corrected chi connectivity index (χ0v) is 13.0. The number of benzene rings is 1. The van der Waals surface area contributed by atoms with Gasteiger partial charge in [0.05, 0.1) is 23.2 Å². The maximum atomic E-state index is 8.89. The molecule has 0 saturated heterocycles. The smallest absolute Gasteiger partial charge is 0.121 e. The van der Waals surface area contributed by atoms with Crippen molar-refractivity contribution in [2.75, 3.05) is 6.54 Å². The second-order valence-electron chi connectivity index (χ2n) is 5.63. The second kappa shape index (κ2) is 6.85. The summed E-state index contributed by atoms with van der Waals surface area (Å²) in [4.78, 5) is 6.46. The summed E-state index contributed by atoms with van der Waals surface area (Å²) in [6, 6.07) is 7.90. The highest BCUT2D eigenvalue weighted by molar-refractivity contribution is 6.31. The van der Waals surface area contributed by atoms with Crippen molar-refractivity contribution >= 4 is 17.8 Å². The molecule has 5 heteroatoms. The quantitative estimate of drug-likeness (QED) is 0.853. The van der Waals surface area contributed by atoms with Crippen molar-refractivity contribution in [1.82, 2.24) is 4.90 Å². The SMILES string of the molecule is N#Cc1ccc(OC2CCC(N3C=CN=CC3)CC2)cc1Cl. The van der Waals surface area contributed by atoms with Crippen LogP contribution in [0.2, 0.25) is 5.02 Å². The number of nitrogens with zero attached hydrogens (tertiary/aromatic N) is 3. The lowest BCUT2D eigenvalue weighted by Gasteiger charge is -2.36. The van der Waals surface area contributed by atoms with E-state index in [2.05, 4.69) is 22.2 Å². The zero-order chi connectivity index (χ0) is 15.4. The summed E-state index contributed by atoms with van der Waals surface area (Å²) in [5, 5.41) is 9.34. The summed E-state index contributed by atoms with van der Waals surface area (Å²) in [5.74, 6) is 0.748. The first-order chi connectivity index (χ1) is 10.8. The molecular formula is C17H18ClN3O. The Morgan fingerprint density at radius 3 is 2.73 bits per heavy atom. The van der Waals surface area contributed by atoms with Gasteiger partial charge in [-0.2, -0.15) is 5.26 Å². The van der Waals surface area contributed by atoms with Crippen LogP contribution in [0.15, 0.2) is 35.6 Å². The normalized spacial score (nSPS) is 24.1. The Kier molecular flexibility index (Phi) is 4.65. The molecule has 0 amide bonds. The van der Waals surface area contributed by atoms with Crippen molar-refractivity contribution in [3.63, 3.8) is 0 Å². The highest BCUT2D eigenvalue weighted by Crippen LogP contribution is 2.29. The van der Waals surface area contributed by atoms with Gasteiger partial charge in [-0.25, -0.2) is 0 Å². The van der Waals surface area contributed by atoms with Gasteiger partial charge >= 0.3 is 0 Å². The lowest BCUT2D eigenvalue weighted by atomic mass is 9.92. The Hall–Kier alpha value is -1.99. The largest absolute Gasteiger partial charge is 0.490 e. The molecule has 1 heterocycles. The molecule has 0 aromatic heterocycles. The fourth-order valence-corrected chi connectivity index (χ4v) is 3.22. The lowest BCUT2D eigenvalue weighted by molar-refractivity contribution is 0.114. The van der Waals surface area contributed by atoms with Crippen LogP contribution in [0.3, 0.4) is 0 Å². The predicted octanol–water partition coefficient (Wildman–Crippen LogP) is 3.76. The van der Waals surface area contributed by atoms with Crippen LogP contribution in [0.1, 0.15) is 31.2 Å². The van der Waals surface area contributed by atoms with Crippen molar-refractivity contribution in [1.29, 1.82) is 5.26 Å². The lowest BCUT2D eigenvalue weighted by Crippen LogP contribution is -2.38. The van der Waals surface area contributed by atoms with Gasteiger partial charge in [0.1, 0.15) is 11.8 Å². The van der Waals surface area contributed by atoms with Crippen LogP contribution in [0.25, 0.3) is 0 Å². The molecule has 22 heavy (non-hydrogen) atoms. The summed E-state index contributed by atoms with van der Waals surface area (Å²) in [5.41, 5.74) is 0.483. The Morgan fingerprint density at radius 1 is 1.27 bits per heavy atom. The highest BCUT2D eigenvalue weighted by atomic mass is 35.5. The Labute approximate surface area is 135 Å². The number of nitriles is 1. The fourth-order valence-electron chi connectivity index (χ4n) is 3.01. The first-order valence-corrected chi connectivity index (χ1v) is 7.94. The van der Waals surface area contributed by atoms with E-state index in [-0.39, 0.29) is 6.10 Å². The van der Waals surface area contributed by atoms with Crippen molar-refractivity contribution < 1.29 is 4.74 Å². The fraction of sp³-hybridized carbons (Fsp3) is 0.412. The number of hydrogen-bond acceptors (Lipinski definition) is 4. The molecule has 1 aliphatic carbocycles. The molecule has 1 fully saturated rings. The highest BCUT2D eigenvalue weighted by Gasteiger charge is 2.25. The molecule has 4 nitrogen and oxygen atoms in total. The van der Waals surface area contributed by atoms with Gasteiger partial charge in [-0.05, 0) is 37.8 Å². The van der Waals surface area contributed by atoms with Gasteiger partial charge in [0.25, 0.3) is 0 Å². The van der Waals surface area contributed by atoms with E-state index in [0.29, 0.717) is 16.6 Å². The molecule has 0 unspecified atom stereocenters. The topological polar surface area (TPSA) is 48.6 Å². The molecule has 0 spiro atoms. The average Bonchev–Trinajstić information content (AvgIpc) is 2.57. The molecule has 1 aliphatic heterocycles. The van der Waals surface area contributed by atoms with E-state index in [1.807, 2.05) is 18.5 Å². The summed E-state index contributed by atoms with van der Waals surface area (Å²) in [6.45, 7) is 0.901. The van der Waals surface area contributed by atoms with Gasteiger partial charge in [0.2, 0.25) is 0 Å². The molecule has 0 bridgehead atoms. The van der Waals surface area contributed by atoms with E-state index in [0.717, 1.165) is 38.0 Å². The predicted molar refractivity (Wildman–Crippen MR) is 87.2 cm³/mol. The number of ether oxygens (including phenoxy) is 1. The van der Waals surface area contributed by atoms with E-state index in [9.17, 15) is 0 Å². The molecule has 1 aromatic rings. The summed E-state index contributed by atoms with van der Waals surface area (Å²) in [6.07, 6.45) is 10.4. The minimum atomic E-state index is 0.225. The van der Waals surface area contributed by atoms with Crippen LogP contribution in [0, 0.1) is 11.3 Å². The van der Waals surface area contributed by atoms with E-state index in [4.69, 9.17) is 21.6 Å². The Balaban J connectivity index is 1.54. The van der Waals surface area contributed by atoms with Crippen LogP contribution < -0.4 is 4.74 Å². The zero-order valence-electron chi connectivity index (χ0n) is 12.3. The van der Waals surface area contributed by atoms with Crippen LogP contribution in [0.4, 0.5) is 0 Å². The summed E-state index contributed by atoms with van der Waals surface area (Å²) < 4.78 is 6.01. The third-order valence-corrected chi connectivity index (χ3v) is 4.53. The van der Waals surface area contributed by atoms with E-state index < -0.39 is 0 Å². The Morgan fingerprint density at radius 2 is 2.09 bits per heavy atom. The van der Waals surface area contributed by atoms with E-state index in [1.165, 1.54) is 0 Å². The maximum Gasteiger partial charge on any atom is 0.121 e. The van der Waals surface area contributed by atoms with Gasteiger partial charge in [-0.3, -0.25) is 4.99 Å². The van der Waals surface area contributed by atoms with Gasteiger partial charge < -0.3 is 9.64 Å². The number of halogens is 1. The molecule has 1 saturated carbocycles. The van der Waals surface area contributed by atoms with Crippen LogP contribution >= 0.6 is 11.6 Å². The number of hydrogen-bond donors (Lipinski definition) is 0. The third kappa shape index (κ3) is 3.42. The first kappa shape index (κ1) is 14.9. The maximum absolute atomic E-state index is 8.89. The van der Waals surface area contributed by atoms with Crippen LogP contribution in [0.5, 0.6) is 5.75 Å². The summed E-state index contributed by atoms with van der Waals surface area (Å²) >= 11 is 6.04. The number of aliphatic imine (C=N–C) groups is 1. The number of rotatable bonds is 3. The molecule has 0 atom stereocenters. The Bertz CT molecular complexity index is 627. The molecule has 1 aromatic carbocycles. The van der Waals surface area contributed by atoms with Crippen LogP contribution in [-0.2, 0) is 0 Å². The minimum Gasteiger partial charge on any atom is -0.490 e. The molecule has 3 rings (SSSR count). The molecule has 0 N–H and O–H groups in total. The van der Waals surface area contributed by atoms with Crippen molar-refractivity contribution in [3.8, 4) is 11.8 Å². The van der Waals surface area contributed by atoms with Gasteiger partial charge in [-0.1, -0.05) is 11.6 Å². The van der Waals surface area contributed by atoms with Gasteiger partial charge in [-0.15, -0.1) is 0 Å². The third-order valence-electron chi connectivity index (χ3n) is 4.22. The van der Waals surface area contributed by atoms with Crippen molar-refractivity contribution in [3.05, 3.63) is 41.2 Å². The first-order valence-electron chi connectivity index (χ1n) is 7.56. The summed E-state index contributed by atoms with van der Waals surface area (Å²) in [7, 11) is 0. The minimum absolute atomic E-state index is 0.225. The van der Waals surface area contributed by atoms with Crippen molar-refractivity contribution in [2.24, 2.45) is 4.99 Å². The molecular weight excluding hydrogens is 298 g/mol. The molecule has 0 radical (unpaired) electrons. The van der Waals surface area contributed by atoms with Crippen molar-refractivity contribution in [2.45, 2.75) is 37.8 Å². The standard InChI is InChI=1S/C17H18ClN3O/c18-17-11-16(4-1-13(17)12-19)22-15-5-2-14(3-6-15)21-9-7-20-8-10-21/h1,4,7-9,11,14-15H,2-3,5-6,10H2. The monoisotopic (exact) mass is 315 g/mol. The van der Waals surface area contributed by atoms with E-state index in [1.54, 1.807) is 12.1 Å². The van der Waals surface area contributed by atoms with Crippen LogP contribution in [-0.4, -0.2) is 29.8 Å². The van der Waals surface area contributed by atoms with Gasteiger partial charge in [0, 0.05) is 30.7 Å². The van der Waals surface area contributed by atoms with Gasteiger partial charge in [0.15, 0.2) is 0 Å². The molecule has 2 aliphatic rings. The van der Waals surface area contributed by atoms with E-state index >= 15 is 0 Å². The molecule has 114 valence electrons. The average molecular weight is 316 g/mol.